The lowest BCUT2D eigenvalue weighted by atomic mass is 10.3. The molecule has 0 aliphatic carbocycles. The van der Waals surface area contributed by atoms with Crippen LogP contribution in [-0.4, -0.2) is 10.8 Å². The number of carbonyl (C=O) groups is 1. The maximum atomic E-state index is 11.3. The highest BCUT2D eigenvalue weighted by molar-refractivity contribution is 9.11. The van der Waals surface area contributed by atoms with Crippen LogP contribution in [0.1, 0.15) is 6.92 Å². The van der Waals surface area contributed by atoms with Crippen LogP contribution in [0.2, 0.25) is 0 Å². The van der Waals surface area contributed by atoms with Gasteiger partial charge in [-0.3, -0.25) is 14.9 Å². The van der Waals surface area contributed by atoms with Gasteiger partial charge in [0, 0.05) is 26.8 Å². The molecule has 0 saturated carbocycles. The van der Waals surface area contributed by atoms with E-state index in [-0.39, 0.29) is 11.6 Å². The number of nitro benzene ring substituents is 1. The number of benzene rings is 2. The van der Waals surface area contributed by atoms with Crippen molar-refractivity contribution in [2.24, 2.45) is 0 Å². The zero-order valence-corrected chi connectivity index (χ0v) is 15.3. The highest BCUT2D eigenvalue weighted by Gasteiger charge is 2.20. The van der Waals surface area contributed by atoms with Crippen molar-refractivity contribution in [3.05, 3.63) is 55.5 Å². The first-order chi connectivity index (χ1) is 10.4. The molecular formula is C14H10Br2N2O3S. The maximum absolute atomic E-state index is 11.3. The maximum Gasteiger partial charge on any atom is 0.285 e. The van der Waals surface area contributed by atoms with E-state index in [1.165, 1.54) is 24.8 Å². The van der Waals surface area contributed by atoms with E-state index in [9.17, 15) is 14.9 Å². The Bertz CT molecular complexity index is 753. The van der Waals surface area contributed by atoms with Gasteiger partial charge >= 0.3 is 0 Å². The Morgan fingerprint density at radius 3 is 2.59 bits per heavy atom. The van der Waals surface area contributed by atoms with Gasteiger partial charge in [0.2, 0.25) is 5.91 Å². The molecule has 0 aliphatic rings. The third-order valence-corrected chi connectivity index (χ3v) is 5.15. The molecule has 2 aromatic rings. The average Bonchev–Trinajstić information content (AvgIpc) is 2.42. The van der Waals surface area contributed by atoms with Gasteiger partial charge in [-0.25, -0.2) is 0 Å². The Balaban J connectivity index is 2.48. The summed E-state index contributed by atoms with van der Waals surface area (Å²) >= 11 is 7.83. The molecule has 5 nitrogen and oxygen atoms in total. The van der Waals surface area contributed by atoms with E-state index in [0.717, 1.165) is 4.90 Å². The van der Waals surface area contributed by atoms with Crippen molar-refractivity contribution in [3.63, 3.8) is 0 Å². The SMILES string of the molecule is CC(=O)Nc1ccccc1Sc1c(Br)cc(Br)cc1[N+](=O)[O-]. The molecule has 1 N–H and O–H groups in total. The molecule has 0 aromatic heterocycles. The second kappa shape index (κ2) is 7.26. The molecule has 0 saturated heterocycles. The van der Waals surface area contributed by atoms with Crippen molar-refractivity contribution in [3.8, 4) is 0 Å². The van der Waals surface area contributed by atoms with E-state index in [4.69, 9.17) is 0 Å². The van der Waals surface area contributed by atoms with Crippen molar-refractivity contribution >= 4 is 60.9 Å². The summed E-state index contributed by atoms with van der Waals surface area (Å²) in [5, 5.41) is 14.0. The number of nitrogens with one attached hydrogen (secondary N) is 1. The fraction of sp³-hybridized carbons (Fsp3) is 0.0714. The Labute approximate surface area is 147 Å². The second-order valence-electron chi connectivity index (χ2n) is 4.27. The van der Waals surface area contributed by atoms with Gasteiger partial charge in [0.15, 0.2) is 0 Å². The zero-order chi connectivity index (χ0) is 16.3. The Morgan fingerprint density at radius 2 is 1.95 bits per heavy atom. The van der Waals surface area contributed by atoms with Crippen molar-refractivity contribution in [1.29, 1.82) is 0 Å². The minimum atomic E-state index is -0.432. The highest BCUT2D eigenvalue weighted by atomic mass is 79.9. The van der Waals surface area contributed by atoms with E-state index in [0.29, 0.717) is 19.5 Å². The standard InChI is InChI=1S/C14H10Br2N2O3S/c1-8(19)17-11-4-2-3-5-13(11)22-14-10(16)6-9(15)7-12(14)18(20)21/h2-7H,1H3,(H,17,19). The van der Waals surface area contributed by atoms with Crippen LogP contribution in [0.5, 0.6) is 0 Å². The Hall–Kier alpha value is -1.38. The molecule has 0 heterocycles. The van der Waals surface area contributed by atoms with E-state index in [2.05, 4.69) is 37.2 Å². The summed E-state index contributed by atoms with van der Waals surface area (Å²) in [6, 6.07) is 10.4. The van der Waals surface area contributed by atoms with Gasteiger partial charge in [-0.05, 0) is 34.1 Å². The van der Waals surface area contributed by atoms with Gasteiger partial charge in [0.05, 0.1) is 10.6 Å². The fourth-order valence-corrected chi connectivity index (χ4v) is 4.18. The van der Waals surface area contributed by atoms with Gasteiger partial charge in [0.25, 0.3) is 5.69 Å². The number of hydrogen-bond acceptors (Lipinski definition) is 4. The van der Waals surface area contributed by atoms with Crippen LogP contribution < -0.4 is 5.32 Å². The van der Waals surface area contributed by atoms with Crippen LogP contribution in [0.25, 0.3) is 0 Å². The monoisotopic (exact) mass is 444 g/mol. The molecular weight excluding hydrogens is 436 g/mol. The normalized spacial score (nSPS) is 10.3. The number of anilines is 1. The average molecular weight is 446 g/mol. The summed E-state index contributed by atoms with van der Waals surface area (Å²) in [7, 11) is 0. The summed E-state index contributed by atoms with van der Waals surface area (Å²) in [5.74, 6) is -0.197. The van der Waals surface area contributed by atoms with Crippen molar-refractivity contribution in [2.45, 2.75) is 16.7 Å². The molecule has 0 spiro atoms. The Kier molecular flexibility index (Phi) is 5.60. The van der Waals surface area contributed by atoms with E-state index >= 15 is 0 Å². The molecule has 1 amide bonds. The van der Waals surface area contributed by atoms with Crippen LogP contribution in [0, 0.1) is 10.1 Å². The summed E-state index contributed by atoms with van der Waals surface area (Å²) in [5.41, 5.74) is 0.605. The molecule has 0 atom stereocenters. The minimum absolute atomic E-state index is 0.0103. The number of nitrogens with zero attached hydrogens (tertiary/aromatic N) is 1. The number of rotatable bonds is 4. The zero-order valence-electron chi connectivity index (χ0n) is 11.3. The highest BCUT2D eigenvalue weighted by Crippen LogP contribution is 2.43. The fourth-order valence-electron chi connectivity index (χ4n) is 1.74. The predicted molar refractivity (Wildman–Crippen MR) is 93.4 cm³/mol. The Morgan fingerprint density at radius 1 is 1.27 bits per heavy atom. The largest absolute Gasteiger partial charge is 0.325 e. The van der Waals surface area contributed by atoms with Crippen molar-refractivity contribution < 1.29 is 9.72 Å². The smallest absolute Gasteiger partial charge is 0.285 e. The van der Waals surface area contributed by atoms with Gasteiger partial charge in [-0.15, -0.1) is 0 Å². The molecule has 8 heteroatoms. The lowest BCUT2D eigenvalue weighted by Gasteiger charge is -2.11. The number of nitro groups is 1. The number of para-hydroxylation sites is 1. The first kappa shape index (κ1) is 17.0. The van der Waals surface area contributed by atoms with Gasteiger partial charge in [0.1, 0.15) is 4.90 Å². The van der Waals surface area contributed by atoms with E-state index in [1.54, 1.807) is 24.3 Å². The lowest BCUT2D eigenvalue weighted by Crippen LogP contribution is -2.06. The third-order valence-electron chi connectivity index (χ3n) is 2.60. The number of halogens is 2. The van der Waals surface area contributed by atoms with Crippen LogP contribution in [0.15, 0.2) is 55.1 Å². The van der Waals surface area contributed by atoms with E-state index < -0.39 is 4.92 Å². The molecule has 0 bridgehead atoms. The van der Waals surface area contributed by atoms with E-state index in [1.807, 2.05) is 6.07 Å². The molecule has 0 unspecified atom stereocenters. The second-order valence-corrected chi connectivity index (χ2v) is 7.09. The minimum Gasteiger partial charge on any atom is -0.325 e. The van der Waals surface area contributed by atoms with Crippen LogP contribution in [0.4, 0.5) is 11.4 Å². The van der Waals surface area contributed by atoms with Crippen molar-refractivity contribution in [1.82, 2.24) is 0 Å². The van der Waals surface area contributed by atoms with Gasteiger partial charge in [-0.1, -0.05) is 39.8 Å². The number of amides is 1. The van der Waals surface area contributed by atoms with Crippen LogP contribution >= 0.6 is 43.6 Å². The van der Waals surface area contributed by atoms with Crippen LogP contribution in [0.3, 0.4) is 0 Å². The molecule has 0 aliphatic heterocycles. The topological polar surface area (TPSA) is 72.2 Å². The molecule has 2 aromatic carbocycles. The molecule has 0 fully saturated rings. The summed E-state index contributed by atoms with van der Waals surface area (Å²) in [6.45, 7) is 1.42. The molecule has 2 rings (SSSR count). The summed E-state index contributed by atoms with van der Waals surface area (Å²) in [6.07, 6.45) is 0. The first-order valence-corrected chi connectivity index (χ1v) is 8.46. The summed E-state index contributed by atoms with van der Waals surface area (Å²) in [4.78, 5) is 23.3. The third kappa shape index (κ3) is 4.08. The molecule has 0 radical (unpaired) electrons. The molecule has 22 heavy (non-hydrogen) atoms. The lowest BCUT2D eigenvalue weighted by molar-refractivity contribution is -0.387. The predicted octanol–water partition coefficient (Wildman–Crippen LogP) is 5.23. The number of hydrogen-bond donors (Lipinski definition) is 1. The van der Waals surface area contributed by atoms with Crippen LogP contribution in [-0.2, 0) is 4.79 Å². The first-order valence-electron chi connectivity index (χ1n) is 6.06. The van der Waals surface area contributed by atoms with Gasteiger partial charge < -0.3 is 5.32 Å². The number of carbonyl (C=O) groups excluding carboxylic acids is 1. The summed E-state index contributed by atoms with van der Waals surface area (Å²) < 4.78 is 1.22. The van der Waals surface area contributed by atoms with Gasteiger partial charge in [-0.2, -0.15) is 0 Å². The molecule has 114 valence electrons. The van der Waals surface area contributed by atoms with Crippen molar-refractivity contribution in [2.75, 3.05) is 5.32 Å². The quantitative estimate of drug-likeness (QED) is 0.516.